The summed E-state index contributed by atoms with van der Waals surface area (Å²) >= 11 is 0. The molecular formula is C12H21N. The van der Waals surface area contributed by atoms with Gasteiger partial charge in [0.2, 0.25) is 0 Å². The fourth-order valence-corrected chi connectivity index (χ4v) is 1.52. The Labute approximate surface area is 82.3 Å². The summed E-state index contributed by atoms with van der Waals surface area (Å²) in [4.78, 5) is 0. The lowest BCUT2D eigenvalue weighted by atomic mass is 10.0. The van der Waals surface area contributed by atoms with Gasteiger partial charge in [-0.3, -0.25) is 0 Å². The fourth-order valence-electron chi connectivity index (χ4n) is 1.52. The van der Waals surface area contributed by atoms with E-state index in [0.717, 1.165) is 18.4 Å². The van der Waals surface area contributed by atoms with Crippen LogP contribution in [0.5, 0.6) is 0 Å². The van der Waals surface area contributed by atoms with Crippen LogP contribution in [-0.4, -0.2) is 12.6 Å². The first-order valence-corrected chi connectivity index (χ1v) is 5.49. The second-order valence-corrected chi connectivity index (χ2v) is 4.22. The summed E-state index contributed by atoms with van der Waals surface area (Å²) in [5.41, 5.74) is 0. The van der Waals surface area contributed by atoms with E-state index in [2.05, 4.69) is 18.2 Å². The molecule has 0 bridgehead atoms. The molecule has 1 heteroatoms. The van der Waals surface area contributed by atoms with Gasteiger partial charge in [0.15, 0.2) is 0 Å². The normalized spacial score (nSPS) is 18.2. The van der Waals surface area contributed by atoms with E-state index in [4.69, 9.17) is 6.42 Å². The van der Waals surface area contributed by atoms with E-state index < -0.39 is 0 Å². The van der Waals surface area contributed by atoms with Crippen molar-refractivity contribution in [2.24, 2.45) is 5.92 Å². The predicted molar refractivity (Wildman–Crippen MR) is 57.5 cm³/mol. The zero-order valence-corrected chi connectivity index (χ0v) is 8.68. The van der Waals surface area contributed by atoms with E-state index in [0.29, 0.717) is 0 Å². The van der Waals surface area contributed by atoms with Crippen LogP contribution < -0.4 is 5.32 Å². The van der Waals surface area contributed by atoms with Crippen molar-refractivity contribution in [2.45, 2.75) is 51.5 Å². The van der Waals surface area contributed by atoms with Crippen LogP contribution in [0.4, 0.5) is 0 Å². The quantitative estimate of drug-likeness (QED) is 0.468. The highest BCUT2D eigenvalue weighted by Gasteiger charge is 2.19. The molecule has 0 spiro atoms. The molecule has 1 aliphatic carbocycles. The number of terminal acetylenes is 1. The van der Waals surface area contributed by atoms with Crippen LogP contribution >= 0.6 is 0 Å². The molecule has 0 aromatic heterocycles. The average Bonchev–Trinajstić information content (AvgIpc) is 2.89. The topological polar surface area (TPSA) is 12.0 Å². The Kier molecular flexibility index (Phi) is 4.93. The minimum absolute atomic E-state index is 0.833. The van der Waals surface area contributed by atoms with Gasteiger partial charge in [-0.05, 0) is 44.6 Å². The standard InChI is InChI=1S/C12H21N/c1-3-4-5-6-11(2)9-10-13-12-7-8-12/h1,11-13H,4-10H2,2H3. The molecule has 1 aliphatic rings. The lowest BCUT2D eigenvalue weighted by molar-refractivity contribution is 0.458. The van der Waals surface area contributed by atoms with Crippen LogP contribution in [-0.2, 0) is 0 Å². The van der Waals surface area contributed by atoms with Crippen LogP contribution in [0.2, 0.25) is 0 Å². The molecule has 1 rings (SSSR count). The Bertz CT molecular complexity index is 164. The Morgan fingerprint density at radius 1 is 1.46 bits per heavy atom. The van der Waals surface area contributed by atoms with Crippen molar-refractivity contribution in [2.75, 3.05) is 6.54 Å². The molecular weight excluding hydrogens is 158 g/mol. The molecule has 0 amide bonds. The average molecular weight is 179 g/mol. The Hall–Kier alpha value is -0.480. The fraction of sp³-hybridized carbons (Fsp3) is 0.833. The maximum Gasteiger partial charge on any atom is 0.00861 e. The van der Waals surface area contributed by atoms with Crippen LogP contribution in [0.25, 0.3) is 0 Å². The van der Waals surface area contributed by atoms with Gasteiger partial charge in [-0.15, -0.1) is 12.3 Å². The first kappa shape index (κ1) is 10.6. The van der Waals surface area contributed by atoms with Crippen molar-refractivity contribution in [3.63, 3.8) is 0 Å². The Morgan fingerprint density at radius 3 is 2.85 bits per heavy atom. The van der Waals surface area contributed by atoms with Crippen molar-refractivity contribution < 1.29 is 0 Å². The molecule has 1 N–H and O–H groups in total. The Morgan fingerprint density at radius 2 is 2.23 bits per heavy atom. The predicted octanol–water partition coefficient (Wildman–Crippen LogP) is 2.57. The molecule has 0 aliphatic heterocycles. The molecule has 0 aromatic carbocycles. The lowest BCUT2D eigenvalue weighted by Crippen LogP contribution is -2.19. The Balaban J connectivity index is 1.84. The zero-order valence-electron chi connectivity index (χ0n) is 8.68. The summed E-state index contributed by atoms with van der Waals surface area (Å²) in [5, 5.41) is 3.54. The van der Waals surface area contributed by atoms with Gasteiger partial charge in [0.1, 0.15) is 0 Å². The molecule has 0 saturated heterocycles. The van der Waals surface area contributed by atoms with Crippen LogP contribution in [0.15, 0.2) is 0 Å². The summed E-state index contributed by atoms with van der Waals surface area (Å²) < 4.78 is 0. The summed E-state index contributed by atoms with van der Waals surface area (Å²) in [6.45, 7) is 3.52. The van der Waals surface area contributed by atoms with Gasteiger partial charge in [0.25, 0.3) is 0 Å². The minimum atomic E-state index is 0.833. The van der Waals surface area contributed by atoms with Crippen molar-refractivity contribution in [1.29, 1.82) is 0 Å². The van der Waals surface area contributed by atoms with E-state index >= 15 is 0 Å². The van der Waals surface area contributed by atoms with E-state index in [9.17, 15) is 0 Å². The van der Waals surface area contributed by atoms with E-state index in [1.54, 1.807) is 0 Å². The third-order valence-corrected chi connectivity index (χ3v) is 2.67. The number of nitrogens with one attached hydrogen (secondary N) is 1. The van der Waals surface area contributed by atoms with Gasteiger partial charge >= 0.3 is 0 Å². The van der Waals surface area contributed by atoms with Crippen LogP contribution in [0, 0.1) is 18.3 Å². The minimum Gasteiger partial charge on any atom is -0.314 e. The van der Waals surface area contributed by atoms with E-state index in [1.165, 1.54) is 38.6 Å². The second-order valence-electron chi connectivity index (χ2n) is 4.22. The van der Waals surface area contributed by atoms with Gasteiger partial charge < -0.3 is 5.32 Å². The van der Waals surface area contributed by atoms with Crippen molar-refractivity contribution in [3.05, 3.63) is 0 Å². The maximum absolute atomic E-state index is 5.20. The third kappa shape index (κ3) is 5.71. The largest absolute Gasteiger partial charge is 0.314 e. The first-order chi connectivity index (χ1) is 6.33. The van der Waals surface area contributed by atoms with Crippen molar-refractivity contribution in [1.82, 2.24) is 5.32 Å². The molecule has 1 saturated carbocycles. The molecule has 0 aromatic rings. The van der Waals surface area contributed by atoms with Crippen LogP contribution in [0.3, 0.4) is 0 Å². The number of unbranched alkanes of at least 4 members (excludes halogenated alkanes) is 1. The SMILES string of the molecule is C#CCCCC(C)CCNC1CC1. The highest BCUT2D eigenvalue weighted by molar-refractivity contribution is 4.83. The van der Waals surface area contributed by atoms with Crippen molar-refractivity contribution in [3.8, 4) is 12.3 Å². The smallest absolute Gasteiger partial charge is 0.00861 e. The monoisotopic (exact) mass is 179 g/mol. The van der Waals surface area contributed by atoms with Gasteiger partial charge in [-0.2, -0.15) is 0 Å². The molecule has 13 heavy (non-hydrogen) atoms. The molecule has 74 valence electrons. The highest BCUT2D eigenvalue weighted by Crippen LogP contribution is 2.19. The first-order valence-electron chi connectivity index (χ1n) is 5.49. The maximum atomic E-state index is 5.20. The van der Waals surface area contributed by atoms with Gasteiger partial charge in [-0.1, -0.05) is 6.92 Å². The van der Waals surface area contributed by atoms with Gasteiger partial charge in [0.05, 0.1) is 0 Å². The molecule has 0 heterocycles. The summed E-state index contributed by atoms with van der Waals surface area (Å²) in [5.74, 6) is 3.52. The number of hydrogen-bond donors (Lipinski definition) is 1. The second kappa shape index (κ2) is 6.05. The van der Waals surface area contributed by atoms with E-state index in [1.807, 2.05) is 0 Å². The van der Waals surface area contributed by atoms with Crippen LogP contribution in [0.1, 0.15) is 45.4 Å². The number of hydrogen-bond acceptors (Lipinski definition) is 1. The molecule has 1 unspecified atom stereocenters. The van der Waals surface area contributed by atoms with Crippen molar-refractivity contribution >= 4 is 0 Å². The highest BCUT2D eigenvalue weighted by atomic mass is 14.9. The van der Waals surface area contributed by atoms with Gasteiger partial charge in [0, 0.05) is 12.5 Å². The third-order valence-electron chi connectivity index (χ3n) is 2.67. The molecule has 1 nitrogen and oxygen atoms in total. The number of rotatable bonds is 7. The van der Waals surface area contributed by atoms with E-state index in [-0.39, 0.29) is 0 Å². The van der Waals surface area contributed by atoms with Gasteiger partial charge in [-0.25, -0.2) is 0 Å². The zero-order chi connectivity index (χ0) is 9.52. The summed E-state index contributed by atoms with van der Waals surface area (Å²) in [6.07, 6.45) is 12.7. The summed E-state index contributed by atoms with van der Waals surface area (Å²) in [7, 11) is 0. The summed E-state index contributed by atoms with van der Waals surface area (Å²) in [6, 6.07) is 0.859. The molecule has 1 fully saturated rings. The molecule has 1 atom stereocenters. The molecule has 0 radical (unpaired) electrons. The lowest BCUT2D eigenvalue weighted by Gasteiger charge is -2.10.